The lowest BCUT2D eigenvalue weighted by Gasteiger charge is -2.34. The monoisotopic (exact) mass is 298 g/mol. The van der Waals surface area contributed by atoms with Crippen LogP contribution in [0.2, 0.25) is 0 Å². The fourth-order valence-corrected chi connectivity index (χ4v) is 6.26. The molecule has 2 heterocycles. The van der Waals surface area contributed by atoms with Crippen molar-refractivity contribution in [2.75, 3.05) is 11.5 Å². The summed E-state index contributed by atoms with van der Waals surface area (Å²) in [5.41, 5.74) is 0. The van der Waals surface area contributed by atoms with Crippen LogP contribution in [-0.2, 0) is 0 Å². The van der Waals surface area contributed by atoms with E-state index in [2.05, 4.69) is 53.1 Å². The number of thioether (sulfide) groups is 2. The maximum Gasteiger partial charge on any atom is 0.0949 e. The summed E-state index contributed by atoms with van der Waals surface area (Å²) in [6.45, 7) is 4.64. The highest BCUT2D eigenvalue weighted by molar-refractivity contribution is 8.21. The van der Waals surface area contributed by atoms with Crippen LogP contribution in [0.4, 0.5) is 0 Å². The van der Waals surface area contributed by atoms with Gasteiger partial charge in [0.15, 0.2) is 0 Å². The van der Waals surface area contributed by atoms with E-state index in [9.17, 15) is 0 Å². The lowest BCUT2D eigenvalue weighted by Crippen LogP contribution is -2.29. The molecule has 4 heteroatoms. The lowest BCUT2D eigenvalue weighted by atomic mass is 10.1. The molecule has 0 radical (unpaired) electrons. The Kier molecular flexibility index (Phi) is 6.14. The molecule has 1 aromatic heterocycles. The first-order valence-electron chi connectivity index (χ1n) is 7.54. The summed E-state index contributed by atoms with van der Waals surface area (Å²) in [5.74, 6) is 2.61. The second-order valence-electron chi connectivity index (χ2n) is 5.36. The van der Waals surface area contributed by atoms with E-state index in [-0.39, 0.29) is 0 Å². The standard InChI is InChI=1S/C15H26N2S2/c1-3-4-5-6-7-8-15(18-11-12-19-15)14(2)17-10-9-16-13-17/h9-10,13-14H,3-8,11-12H2,1-2H3. The summed E-state index contributed by atoms with van der Waals surface area (Å²) in [6.07, 6.45) is 14.2. The van der Waals surface area contributed by atoms with E-state index in [1.807, 2.05) is 12.5 Å². The lowest BCUT2D eigenvalue weighted by molar-refractivity contribution is 0.456. The minimum atomic E-state index is 0.382. The van der Waals surface area contributed by atoms with Crippen LogP contribution < -0.4 is 0 Å². The summed E-state index contributed by atoms with van der Waals surface area (Å²) in [6, 6.07) is 0.540. The van der Waals surface area contributed by atoms with Gasteiger partial charge in [0.2, 0.25) is 0 Å². The van der Waals surface area contributed by atoms with Crippen molar-refractivity contribution < 1.29 is 0 Å². The fourth-order valence-electron chi connectivity index (χ4n) is 2.77. The van der Waals surface area contributed by atoms with Crippen molar-refractivity contribution in [2.45, 2.75) is 62.5 Å². The number of nitrogens with zero attached hydrogens (tertiary/aromatic N) is 2. The molecule has 0 saturated carbocycles. The van der Waals surface area contributed by atoms with Crippen molar-refractivity contribution in [3.05, 3.63) is 18.7 Å². The Bertz CT molecular complexity index is 345. The van der Waals surface area contributed by atoms with Gasteiger partial charge in [-0.25, -0.2) is 4.98 Å². The van der Waals surface area contributed by atoms with Gasteiger partial charge in [0.25, 0.3) is 0 Å². The average Bonchev–Trinajstić information content (AvgIpc) is 3.10. The van der Waals surface area contributed by atoms with E-state index < -0.39 is 0 Å². The van der Waals surface area contributed by atoms with Crippen LogP contribution >= 0.6 is 23.5 Å². The molecule has 1 aliphatic heterocycles. The van der Waals surface area contributed by atoms with E-state index in [0.717, 1.165) is 0 Å². The molecular weight excluding hydrogens is 272 g/mol. The van der Waals surface area contributed by atoms with Crippen molar-refractivity contribution in [3.8, 4) is 0 Å². The minimum absolute atomic E-state index is 0.382. The van der Waals surface area contributed by atoms with Gasteiger partial charge < -0.3 is 4.57 Å². The van der Waals surface area contributed by atoms with E-state index in [1.54, 1.807) is 0 Å². The third-order valence-corrected chi connectivity index (χ3v) is 7.86. The first-order valence-corrected chi connectivity index (χ1v) is 9.51. The topological polar surface area (TPSA) is 17.8 Å². The van der Waals surface area contributed by atoms with Gasteiger partial charge in [-0.3, -0.25) is 0 Å². The molecule has 1 fully saturated rings. The molecule has 1 atom stereocenters. The van der Waals surface area contributed by atoms with Crippen LogP contribution in [0, 0.1) is 0 Å². The van der Waals surface area contributed by atoms with Gasteiger partial charge in [0.1, 0.15) is 0 Å². The van der Waals surface area contributed by atoms with Gasteiger partial charge in [-0.1, -0.05) is 39.0 Å². The maximum atomic E-state index is 4.21. The summed E-state index contributed by atoms with van der Waals surface area (Å²) < 4.78 is 2.67. The zero-order chi connectivity index (χ0) is 13.6. The van der Waals surface area contributed by atoms with Crippen LogP contribution in [-0.4, -0.2) is 25.1 Å². The molecule has 108 valence electrons. The largest absolute Gasteiger partial charge is 0.332 e. The first kappa shape index (κ1) is 15.3. The van der Waals surface area contributed by atoms with E-state index in [1.165, 1.54) is 50.0 Å². The number of unbranched alkanes of at least 4 members (excludes halogenated alkanes) is 4. The van der Waals surface area contributed by atoms with E-state index in [4.69, 9.17) is 0 Å². The van der Waals surface area contributed by atoms with Crippen LogP contribution in [0.25, 0.3) is 0 Å². The molecule has 2 rings (SSSR count). The smallest absolute Gasteiger partial charge is 0.0949 e. The van der Waals surface area contributed by atoms with Crippen LogP contribution in [0.3, 0.4) is 0 Å². The molecule has 2 nitrogen and oxygen atoms in total. The Morgan fingerprint density at radius 1 is 1.21 bits per heavy atom. The minimum Gasteiger partial charge on any atom is -0.332 e. The van der Waals surface area contributed by atoms with Gasteiger partial charge >= 0.3 is 0 Å². The highest BCUT2D eigenvalue weighted by Crippen LogP contribution is 2.53. The van der Waals surface area contributed by atoms with Crippen molar-refractivity contribution in [1.29, 1.82) is 0 Å². The SMILES string of the molecule is CCCCCCCC1(C(C)n2ccnc2)SCCS1. The predicted molar refractivity (Wildman–Crippen MR) is 88.0 cm³/mol. The average molecular weight is 299 g/mol. The molecule has 0 bridgehead atoms. The molecule has 1 unspecified atom stereocenters. The van der Waals surface area contributed by atoms with Crippen molar-refractivity contribution in [1.82, 2.24) is 9.55 Å². The Morgan fingerprint density at radius 2 is 1.95 bits per heavy atom. The van der Waals surface area contributed by atoms with Gasteiger partial charge in [-0.15, -0.1) is 23.5 Å². The molecule has 0 aromatic carbocycles. The van der Waals surface area contributed by atoms with Crippen molar-refractivity contribution in [3.63, 3.8) is 0 Å². The molecule has 1 aromatic rings. The predicted octanol–water partition coefficient (Wildman–Crippen LogP) is 4.98. The second-order valence-corrected chi connectivity index (χ2v) is 8.47. The summed E-state index contributed by atoms with van der Waals surface area (Å²) in [5, 5.41) is 0. The molecule has 0 spiro atoms. The summed E-state index contributed by atoms with van der Waals surface area (Å²) in [4.78, 5) is 4.21. The number of aromatic nitrogens is 2. The Hall–Kier alpha value is -0.0900. The van der Waals surface area contributed by atoms with Crippen molar-refractivity contribution in [2.24, 2.45) is 0 Å². The molecule has 0 amide bonds. The molecule has 0 aliphatic carbocycles. The molecular formula is C15H26N2S2. The number of rotatable bonds is 8. The molecule has 19 heavy (non-hydrogen) atoms. The molecule has 0 N–H and O–H groups in total. The summed E-state index contributed by atoms with van der Waals surface area (Å²) >= 11 is 4.35. The van der Waals surface area contributed by atoms with E-state index in [0.29, 0.717) is 10.1 Å². The quantitative estimate of drug-likeness (QED) is 0.630. The van der Waals surface area contributed by atoms with Gasteiger partial charge in [0.05, 0.1) is 16.4 Å². The number of hydrogen-bond donors (Lipinski definition) is 0. The highest BCUT2D eigenvalue weighted by Gasteiger charge is 2.40. The van der Waals surface area contributed by atoms with Crippen LogP contribution in [0.5, 0.6) is 0 Å². The first-order chi connectivity index (χ1) is 9.28. The van der Waals surface area contributed by atoms with Gasteiger partial charge in [0, 0.05) is 23.9 Å². The second kappa shape index (κ2) is 7.63. The zero-order valence-corrected chi connectivity index (χ0v) is 13.8. The Morgan fingerprint density at radius 3 is 2.58 bits per heavy atom. The summed E-state index contributed by atoms with van der Waals surface area (Å²) in [7, 11) is 0. The normalized spacial score (nSPS) is 19.7. The van der Waals surface area contributed by atoms with E-state index >= 15 is 0 Å². The van der Waals surface area contributed by atoms with Crippen LogP contribution in [0.15, 0.2) is 18.7 Å². The Balaban J connectivity index is 1.90. The third-order valence-electron chi connectivity index (χ3n) is 4.01. The van der Waals surface area contributed by atoms with Gasteiger partial charge in [-0.2, -0.15) is 0 Å². The molecule has 1 saturated heterocycles. The zero-order valence-electron chi connectivity index (χ0n) is 12.2. The Labute approximate surface area is 126 Å². The number of hydrogen-bond acceptors (Lipinski definition) is 3. The van der Waals surface area contributed by atoms with Crippen molar-refractivity contribution >= 4 is 23.5 Å². The molecule has 1 aliphatic rings. The van der Waals surface area contributed by atoms with Gasteiger partial charge in [-0.05, 0) is 13.3 Å². The highest BCUT2D eigenvalue weighted by atomic mass is 32.2. The fraction of sp³-hybridized carbons (Fsp3) is 0.800. The number of imidazole rings is 1. The maximum absolute atomic E-state index is 4.21. The third kappa shape index (κ3) is 3.94. The van der Waals surface area contributed by atoms with Crippen LogP contribution in [0.1, 0.15) is 58.4 Å².